The predicted octanol–water partition coefficient (Wildman–Crippen LogP) is 4.18. The zero-order valence-electron chi connectivity index (χ0n) is 17.4. The molecule has 10 heteroatoms. The summed E-state index contributed by atoms with van der Waals surface area (Å²) in [6, 6.07) is 7.04. The van der Waals surface area contributed by atoms with E-state index in [4.69, 9.17) is 21.1 Å². The van der Waals surface area contributed by atoms with Gasteiger partial charge in [-0.25, -0.2) is 9.78 Å². The minimum absolute atomic E-state index is 0.00917. The maximum atomic E-state index is 12.1. The van der Waals surface area contributed by atoms with Gasteiger partial charge in [-0.15, -0.1) is 5.10 Å². The van der Waals surface area contributed by atoms with Crippen LogP contribution in [0.5, 0.6) is 0 Å². The minimum Gasteiger partial charge on any atom is -0.462 e. The fourth-order valence-corrected chi connectivity index (χ4v) is 3.20. The molecule has 0 saturated heterocycles. The van der Waals surface area contributed by atoms with E-state index in [1.54, 1.807) is 29.8 Å². The number of carbonyl (C=O) groups excluding carboxylic acids is 2. The second-order valence-electron chi connectivity index (χ2n) is 7.95. The first-order valence-electron chi connectivity index (χ1n) is 9.40. The van der Waals surface area contributed by atoms with Gasteiger partial charge in [0, 0.05) is 23.6 Å². The largest absolute Gasteiger partial charge is 0.462 e. The molecule has 0 aliphatic rings. The van der Waals surface area contributed by atoms with Gasteiger partial charge in [-0.2, -0.15) is 4.63 Å². The van der Waals surface area contributed by atoms with Crippen molar-refractivity contribution in [3.05, 3.63) is 35.0 Å². The molecule has 1 aromatic carbocycles. The van der Waals surface area contributed by atoms with E-state index in [0.29, 0.717) is 27.7 Å². The molecule has 3 aromatic rings. The average molecular weight is 434 g/mol. The quantitative estimate of drug-likeness (QED) is 0.584. The van der Waals surface area contributed by atoms with Gasteiger partial charge in [0.2, 0.25) is 0 Å². The molecule has 1 amide bonds. The van der Waals surface area contributed by atoms with E-state index in [1.165, 1.54) is 6.92 Å². The van der Waals surface area contributed by atoms with Gasteiger partial charge in [0.15, 0.2) is 11.5 Å². The number of nitrogens with one attached hydrogen (secondary N) is 2. The summed E-state index contributed by atoms with van der Waals surface area (Å²) < 4.78 is 11.5. The SMILES string of the molecule is CC(=O)OCC(C)OC(=O)Nc1cccc(-c2nc3c(Cl)c(C(C)(C)C)[nH]n3n2)c1. The molecule has 30 heavy (non-hydrogen) atoms. The number of halogens is 1. The highest BCUT2D eigenvalue weighted by Gasteiger charge is 2.24. The molecule has 1 atom stereocenters. The summed E-state index contributed by atoms with van der Waals surface area (Å²) in [4.78, 5) is 27.4. The predicted molar refractivity (Wildman–Crippen MR) is 113 cm³/mol. The molecule has 0 bridgehead atoms. The molecule has 0 aliphatic carbocycles. The molecule has 0 radical (unpaired) electrons. The number of nitrogens with zero attached hydrogens (tertiary/aromatic N) is 3. The number of esters is 1. The molecular formula is C20H24ClN5O4. The van der Waals surface area contributed by atoms with Crippen molar-refractivity contribution in [3.63, 3.8) is 0 Å². The van der Waals surface area contributed by atoms with Gasteiger partial charge >= 0.3 is 12.1 Å². The Morgan fingerprint density at radius 3 is 2.70 bits per heavy atom. The van der Waals surface area contributed by atoms with E-state index in [2.05, 4.69) is 20.5 Å². The topological polar surface area (TPSA) is 111 Å². The molecule has 160 valence electrons. The number of carbonyl (C=O) groups is 2. The van der Waals surface area contributed by atoms with Gasteiger partial charge in [-0.3, -0.25) is 15.2 Å². The summed E-state index contributed by atoms with van der Waals surface area (Å²) in [6.45, 7) is 9.06. The standard InChI is InChI=1S/C20H24ClN5O4/c1-11(10-29-12(2)27)30-19(28)22-14-8-6-7-13(9-14)17-23-18-15(21)16(20(3,4)5)24-26(18)25-17/h6-9,11,24H,10H2,1-5H3,(H,22,28). The van der Waals surface area contributed by atoms with Crippen molar-refractivity contribution in [2.24, 2.45) is 0 Å². The lowest BCUT2D eigenvalue weighted by Gasteiger charge is -2.16. The summed E-state index contributed by atoms with van der Waals surface area (Å²) in [7, 11) is 0. The molecule has 0 aliphatic heterocycles. The van der Waals surface area contributed by atoms with E-state index in [0.717, 1.165) is 5.69 Å². The first-order chi connectivity index (χ1) is 14.0. The normalized spacial score (nSPS) is 12.6. The van der Waals surface area contributed by atoms with Crippen LogP contribution in [0.2, 0.25) is 5.02 Å². The lowest BCUT2D eigenvalue weighted by molar-refractivity contribution is -0.143. The number of aromatic amines is 1. The third-order valence-corrected chi connectivity index (χ3v) is 4.55. The number of hydrogen-bond acceptors (Lipinski definition) is 6. The van der Waals surface area contributed by atoms with Crippen molar-refractivity contribution in [3.8, 4) is 11.4 Å². The zero-order valence-corrected chi connectivity index (χ0v) is 18.2. The van der Waals surface area contributed by atoms with E-state index >= 15 is 0 Å². The first-order valence-corrected chi connectivity index (χ1v) is 9.78. The van der Waals surface area contributed by atoms with Crippen LogP contribution in [0.4, 0.5) is 10.5 Å². The van der Waals surface area contributed by atoms with Crippen molar-refractivity contribution in [1.29, 1.82) is 0 Å². The molecule has 2 aromatic heterocycles. The molecule has 1 unspecified atom stereocenters. The number of ether oxygens (including phenoxy) is 2. The Kier molecular flexibility index (Phi) is 6.02. The summed E-state index contributed by atoms with van der Waals surface area (Å²) in [5.41, 5.74) is 2.43. The van der Waals surface area contributed by atoms with Gasteiger partial charge in [-0.05, 0) is 19.1 Å². The van der Waals surface area contributed by atoms with Gasteiger partial charge in [0.25, 0.3) is 0 Å². The number of rotatable bonds is 5. The van der Waals surface area contributed by atoms with Crippen LogP contribution in [0.1, 0.15) is 40.3 Å². The highest BCUT2D eigenvalue weighted by atomic mass is 35.5. The number of anilines is 1. The highest BCUT2D eigenvalue weighted by Crippen LogP contribution is 2.32. The molecule has 0 saturated carbocycles. The van der Waals surface area contributed by atoms with Crippen LogP contribution in [-0.4, -0.2) is 44.6 Å². The molecule has 9 nitrogen and oxygen atoms in total. The lowest BCUT2D eigenvalue weighted by Crippen LogP contribution is -2.24. The van der Waals surface area contributed by atoms with Crippen LogP contribution in [0.3, 0.4) is 0 Å². The van der Waals surface area contributed by atoms with E-state index in [9.17, 15) is 9.59 Å². The fraction of sp³-hybridized carbons (Fsp3) is 0.400. The number of hydrogen-bond donors (Lipinski definition) is 2. The number of aromatic nitrogens is 4. The van der Waals surface area contributed by atoms with Crippen molar-refractivity contribution in [2.45, 2.75) is 46.1 Å². The van der Waals surface area contributed by atoms with E-state index in [-0.39, 0.29) is 12.0 Å². The third-order valence-electron chi connectivity index (χ3n) is 4.19. The van der Waals surface area contributed by atoms with Crippen LogP contribution in [0, 0.1) is 0 Å². The zero-order chi connectivity index (χ0) is 22.1. The van der Waals surface area contributed by atoms with Crippen LogP contribution in [0.25, 0.3) is 17.0 Å². The minimum atomic E-state index is -0.658. The average Bonchev–Trinajstić information content (AvgIpc) is 3.19. The van der Waals surface area contributed by atoms with Gasteiger partial charge in [0.1, 0.15) is 17.7 Å². The summed E-state index contributed by atoms with van der Waals surface area (Å²) in [6.07, 6.45) is -1.23. The third kappa shape index (κ3) is 4.91. The van der Waals surface area contributed by atoms with Crippen molar-refractivity contribution in [2.75, 3.05) is 11.9 Å². The van der Waals surface area contributed by atoms with Gasteiger partial charge in [-0.1, -0.05) is 44.5 Å². The maximum Gasteiger partial charge on any atom is 0.412 e. The Labute approximate surface area is 178 Å². The van der Waals surface area contributed by atoms with Crippen LogP contribution in [-0.2, 0) is 19.7 Å². The molecule has 3 rings (SSSR count). The van der Waals surface area contributed by atoms with Crippen molar-refractivity contribution in [1.82, 2.24) is 19.8 Å². The summed E-state index contributed by atoms with van der Waals surface area (Å²) >= 11 is 6.48. The van der Waals surface area contributed by atoms with E-state index in [1.807, 2.05) is 26.8 Å². The number of fused-ring (bicyclic) bond motifs is 1. The summed E-state index contributed by atoms with van der Waals surface area (Å²) in [5.74, 6) is 0.0286. The number of benzene rings is 1. The molecular weight excluding hydrogens is 410 g/mol. The summed E-state index contributed by atoms with van der Waals surface area (Å²) in [5, 5.41) is 10.8. The Morgan fingerprint density at radius 1 is 1.33 bits per heavy atom. The Morgan fingerprint density at radius 2 is 2.07 bits per heavy atom. The van der Waals surface area contributed by atoms with Gasteiger partial charge < -0.3 is 9.47 Å². The second kappa shape index (κ2) is 8.35. The second-order valence-corrected chi connectivity index (χ2v) is 8.32. The Bertz CT molecular complexity index is 1080. The Hall–Kier alpha value is -3.07. The highest BCUT2D eigenvalue weighted by molar-refractivity contribution is 6.34. The van der Waals surface area contributed by atoms with Crippen LogP contribution in [0.15, 0.2) is 24.3 Å². The molecule has 0 fully saturated rings. The van der Waals surface area contributed by atoms with Gasteiger partial charge in [0.05, 0.1) is 5.69 Å². The van der Waals surface area contributed by atoms with Crippen LogP contribution < -0.4 is 5.32 Å². The number of H-pyrrole nitrogens is 1. The lowest BCUT2D eigenvalue weighted by atomic mass is 9.92. The fourth-order valence-electron chi connectivity index (χ4n) is 2.75. The van der Waals surface area contributed by atoms with E-state index < -0.39 is 18.2 Å². The molecule has 2 heterocycles. The number of amides is 1. The molecule has 0 spiro atoms. The Balaban J connectivity index is 1.74. The monoisotopic (exact) mass is 433 g/mol. The first kappa shape index (κ1) is 21.6. The van der Waals surface area contributed by atoms with Crippen LogP contribution >= 0.6 is 11.6 Å². The van der Waals surface area contributed by atoms with Crippen molar-refractivity contribution < 1.29 is 19.1 Å². The maximum absolute atomic E-state index is 12.1. The van der Waals surface area contributed by atoms with Crippen molar-refractivity contribution >= 4 is 35.0 Å². The smallest absolute Gasteiger partial charge is 0.412 e. The molecule has 2 N–H and O–H groups in total.